The molecule has 3 atom stereocenters. The number of unbranched alkanes of at least 4 members (excludes halogenated alkanes) is 19. The first-order chi connectivity index (χ1) is 27.5. The minimum absolute atomic E-state index is 0.0261. The number of aliphatic hydroxyl groups is 2. The van der Waals surface area contributed by atoms with E-state index < -0.39 is 18.2 Å². The molecular formula is C50H87NO5. The fraction of sp³-hybridized carbons (Fsp3) is 0.720. The third-order valence-electron chi connectivity index (χ3n) is 10.1. The molecule has 0 saturated heterocycles. The number of rotatable bonds is 40. The van der Waals surface area contributed by atoms with E-state index in [1.54, 1.807) is 0 Å². The number of amides is 1. The summed E-state index contributed by atoms with van der Waals surface area (Å²) in [6.45, 7) is 6.28. The van der Waals surface area contributed by atoms with Gasteiger partial charge in [-0.3, -0.25) is 9.59 Å². The molecule has 1 amide bonds. The Morgan fingerprint density at radius 1 is 0.554 bits per heavy atom. The number of ether oxygens (including phenoxy) is 1. The molecule has 0 aromatic rings. The zero-order valence-electron chi connectivity index (χ0n) is 36.5. The number of hydrogen-bond acceptors (Lipinski definition) is 5. The predicted molar refractivity (Wildman–Crippen MR) is 241 cm³/mol. The topological polar surface area (TPSA) is 95.9 Å². The monoisotopic (exact) mass is 782 g/mol. The molecule has 0 bridgehead atoms. The summed E-state index contributed by atoms with van der Waals surface area (Å²) in [5.41, 5.74) is 0. The number of esters is 1. The highest BCUT2D eigenvalue weighted by molar-refractivity contribution is 5.77. The van der Waals surface area contributed by atoms with E-state index in [4.69, 9.17) is 4.74 Å². The van der Waals surface area contributed by atoms with Crippen LogP contribution in [0, 0.1) is 0 Å². The molecule has 56 heavy (non-hydrogen) atoms. The molecule has 0 heterocycles. The van der Waals surface area contributed by atoms with Gasteiger partial charge in [-0.05, 0) is 64.2 Å². The first kappa shape index (κ1) is 53.3. The van der Waals surface area contributed by atoms with Crippen LogP contribution in [-0.2, 0) is 14.3 Å². The zero-order valence-corrected chi connectivity index (χ0v) is 36.5. The maximum atomic E-state index is 13.1. The summed E-state index contributed by atoms with van der Waals surface area (Å²) < 4.78 is 5.85. The molecule has 3 N–H and O–H groups in total. The number of aliphatic hydroxyl groups excluding tert-OH is 2. The van der Waals surface area contributed by atoms with E-state index in [-0.39, 0.29) is 31.3 Å². The summed E-state index contributed by atoms with van der Waals surface area (Å²) >= 11 is 0. The van der Waals surface area contributed by atoms with Crippen molar-refractivity contribution in [2.24, 2.45) is 0 Å². The van der Waals surface area contributed by atoms with Crippen LogP contribution in [0.1, 0.15) is 207 Å². The van der Waals surface area contributed by atoms with Gasteiger partial charge in [-0.1, -0.05) is 203 Å². The Kier molecular flexibility index (Phi) is 41.3. The number of nitrogens with one attached hydrogen (secondary N) is 1. The van der Waals surface area contributed by atoms with Gasteiger partial charge in [0.15, 0.2) is 0 Å². The molecule has 0 radical (unpaired) electrons. The molecule has 0 aromatic carbocycles. The fourth-order valence-electron chi connectivity index (χ4n) is 6.61. The second-order valence-electron chi connectivity index (χ2n) is 15.5. The molecule has 3 unspecified atom stereocenters. The van der Waals surface area contributed by atoms with Crippen molar-refractivity contribution in [3.63, 3.8) is 0 Å². The standard InChI is InChI=1S/C50H87NO5/c1-4-7-10-13-16-19-22-24-27-29-32-35-38-41-46(56-50(55)43-40-37-34-31-28-25-23-20-17-14-11-8-5-2)44-49(54)51-47(45-52)48(53)42-39-36-33-30-26-21-18-15-12-9-6-3/h7,10,13,16,19,22,24-25,27-28,34,37,46-48,52-53H,4-6,8-9,11-12,14-15,17-18,20-21,23,26,29-33,35-36,38-45H2,1-3H3,(H,51,54)/b10-7+,16-13+,22-19+,27-24-,28-25-,37-34+. The molecule has 6 heteroatoms. The van der Waals surface area contributed by atoms with Crippen molar-refractivity contribution in [2.75, 3.05) is 6.61 Å². The summed E-state index contributed by atoms with van der Waals surface area (Å²) in [7, 11) is 0. The van der Waals surface area contributed by atoms with E-state index in [0.29, 0.717) is 19.3 Å². The maximum Gasteiger partial charge on any atom is 0.306 e. The lowest BCUT2D eigenvalue weighted by Gasteiger charge is -2.24. The minimum Gasteiger partial charge on any atom is -0.462 e. The largest absolute Gasteiger partial charge is 0.462 e. The van der Waals surface area contributed by atoms with E-state index >= 15 is 0 Å². The second kappa shape index (κ2) is 43.4. The van der Waals surface area contributed by atoms with Crippen molar-refractivity contribution >= 4 is 11.9 Å². The average molecular weight is 782 g/mol. The number of hydrogen-bond donors (Lipinski definition) is 3. The molecular weight excluding hydrogens is 695 g/mol. The fourth-order valence-corrected chi connectivity index (χ4v) is 6.61. The van der Waals surface area contributed by atoms with Crippen molar-refractivity contribution in [1.82, 2.24) is 5.32 Å². The normalized spacial score (nSPS) is 14.0. The molecule has 0 rings (SSSR count). The molecule has 0 aliphatic carbocycles. The van der Waals surface area contributed by atoms with Gasteiger partial charge in [0.25, 0.3) is 0 Å². The van der Waals surface area contributed by atoms with Crippen molar-refractivity contribution in [3.05, 3.63) is 72.9 Å². The molecule has 322 valence electrons. The van der Waals surface area contributed by atoms with Crippen LogP contribution >= 0.6 is 0 Å². The average Bonchev–Trinajstić information content (AvgIpc) is 3.19. The third kappa shape index (κ3) is 38.2. The van der Waals surface area contributed by atoms with Crippen LogP contribution in [0.3, 0.4) is 0 Å². The summed E-state index contributed by atoms with van der Waals surface area (Å²) in [6.07, 6.45) is 54.0. The van der Waals surface area contributed by atoms with Crippen LogP contribution in [0.2, 0.25) is 0 Å². The van der Waals surface area contributed by atoms with E-state index in [9.17, 15) is 19.8 Å². The maximum absolute atomic E-state index is 13.1. The smallest absolute Gasteiger partial charge is 0.306 e. The lowest BCUT2D eigenvalue weighted by molar-refractivity contribution is -0.150. The van der Waals surface area contributed by atoms with Crippen LogP contribution in [0.15, 0.2) is 72.9 Å². The molecule has 6 nitrogen and oxygen atoms in total. The highest BCUT2D eigenvalue weighted by Crippen LogP contribution is 2.16. The predicted octanol–water partition coefficient (Wildman–Crippen LogP) is 13.4. The number of carbonyl (C=O) groups is 2. The van der Waals surface area contributed by atoms with Crippen LogP contribution in [0.25, 0.3) is 0 Å². The van der Waals surface area contributed by atoms with Gasteiger partial charge in [0.2, 0.25) is 5.91 Å². The number of allylic oxidation sites excluding steroid dienone is 12. The SMILES string of the molecule is CC/C=C/C=C/C=C/C=C\CCCCCC(CC(=O)NC(CO)C(O)CCCCCCCCCCCCC)OC(=O)CC/C=C/C/C=C\CCCCCCCC. The first-order valence-corrected chi connectivity index (χ1v) is 23.2. The lowest BCUT2D eigenvalue weighted by Crippen LogP contribution is -2.46. The molecule has 0 fully saturated rings. The lowest BCUT2D eigenvalue weighted by atomic mass is 10.0. The van der Waals surface area contributed by atoms with Crippen LogP contribution in [0.4, 0.5) is 0 Å². The van der Waals surface area contributed by atoms with E-state index in [1.807, 2.05) is 36.5 Å². The van der Waals surface area contributed by atoms with Gasteiger partial charge in [0, 0.05) is 6.42 Å². The zero-order chi connectivity index (χ0) is 41.0. The van der Waals surface area contributed by atoms with Crippen LogP contribution in [-0.4, -0.2) is 46.9 Å². The third-order valence-corrected chi connectivity index (χ3v) is 10.1. The van der Waals surface area contributed by atoms with Crippen LogP contribution in [0.5, 0.6) is 0 Å². The van der Waals surface area contributed by atoms with E-state index in [2.05, 4.69) is 62.5 Å². The molecule has 0 spiro atoms. The first-order valence-electron chi connectivity index (χ1n) is 23.2. The van der Waals surface area contributed by atoms with Crippen molar-refractivity contribution in [3.8, 4) is 0 Å². The second-order valence-corrected chi connectivity index (χ2v) is 15.5. The van der Waals surface area contributed by atoms with Gasteiger partial charge >= 0.3 is 5.97 Å². The van der Waals surface area contributed by atoms with Crippen molar-refractivity contribution in [1.29, 1.82) is 0 Å². The highest BCUT2D eigenvalue weighted by atomic mass is 16.5. The van der Waals surface area contributed by atoms with Gasteiger partial charge < -0.3 is 20.3 Å². The summed E-state index contributed by atoms with van der Waals surface area (Å²) in [5, 5.41) is 23.6. The molecule has 0 aliphatic heterocycles. The Morgan fingerprint density at radius 2 is 1.04 bits per heavy atom. The summed E-state index contributed by atoms with van der Waals surface area (Å²) in [6, 6.07) is -0.726. The number of carbonyl (C=O) groups excluding carboxylic acids is 2. The van der Waals surface area contributed by atoms with Crippen molar-refractivity contribution < 1.29 is 24.5 Å². The van der Waals surface area contributed by atoms with Gasteiger partial charge in [-0.2, -0.15) is 0 Å². The summed E-state index contributed by atoms with van der Waals surface area (Å²) in [4.78, 5) is 26.0. The van der Waals surface area contributed by atoms with E-state index in [1.165, 1.54) is 89.9 Å². The Hall–Kier alpha value is -2.70. The van der Waals surface area contributed by atoms with Gasteiger partial charge in [-0.15, -0.1) is 0 Å². The molecule has 0 saturated carbocycles. The van der Waals surface area contributed by atoms with Crippen LogP contribution < -0.4 is 5.32 Å². The van der Waals surface area contributed by atoms with Crippen molar-refractivity contribution in [2.45, 2.75) is 225 Å². The molecule has 0 aromatic heterocycles. The molecule has 0 aliphatic rings. The Bertz CT molecular complexity index is 1060. The Morgan fingerprint density at radius 3 is 1.62 bits per heavy atom. The highest BCUT2D eigenvalue weighted by Gasteiger charge is 2.24. The summed E-state index contributed by atoms with van der Waals surface area (Å²) in [5.74, 6) is -0.600. The van der Waals surface area contributed by atoms with Gasteiger partial charge in [0.1, 0.15) is 6.10 Å². The Balaban J connectivity index is 4.76. The minimum atomic E-state index is -0.808. The quantitative estimate of drug-likeness (QED) is 0.0249. The van der Waals surface area contributed by atoms with Gasteiger partial charge in [-0.25, -0.2) is 0 Å². The van der Waals surface area contributed by atoms with Gasteiger partial charge in [0.05, 0.1) is 25.2 Å². The van der Waals surface area contributed by atoms with E-state index in [0.717, 1.165) is 64.2 Å². The Labute approximate surface area is 345 Å².